The minimum Gasteiger partial charge on any atom is -0.445 e. The van der Waals surface area contributed by atoms with Gasteiger partial charge in [-0.05, 0) is 84.6 Å². The van der Waals surface area contributed by atoms with E-state index in [1.807, 2.05) is 76.8 Å². The summed E-state index contributed by atoms with van der Waals surface area (Å²) in [4.78, 5) is 44.1. The number of hydrogen-bond acceptors (Lipinski definition) is 8. The molecule has 11 nitrogen and oxygen atoms in total. The summed E-state index contributed by atoms with van der Waals surface area (Å²) in [5.74, 6) is 0.661. The topological polar surface area (TPSA) is 112 Å². The van der Waals surface area contributed by atoms with Gasteiger partial charge in [0.2, 0.25) is 0 Å². The zero-order valence-corrected chi connectivity index (χ0v) is 28.3. The molecule has 0 radical (unpaired) electrons. The summed E-state index contributed by atoms with van der Waals surface area (Å²) in [6, 6.07) is 9.74. The van der Waals surface area contributed by atoms with Gasteiger partial charge in [-0.25, -0.2) is 14.4 Å². The molecule has 45 heavy (non-hydrogen) atoms. The Balaban J connectivity index is 0.000000309. The highest BCUT2D eigenvalue weighted by molar-refractivity contribution is 5.69. The quantitative estimate of drug-likeness (QED) is 0.441. The van der Waals surface area contributed by atoms with E-state index in [-0.39, 0.29) is 30.8 Å². The Hall–Kier alpha value is -3.05. The highest BCUT2D eigenvalue weighted by atomic mass is 16.6. The van der Waals surface area contributed by atoms with Gasteiger partial charge in [0.1, 0.15) is 17.8 Å². The maximum atomic E-state index is 12.4. The molecule has 1 N–H and O–H groups in total. The number of hydrogen-bond donors (Lipinski definition) is 1. The Morgan fingerprint density at radius 1 is 0.711 bits per heavy atom. The molecule has 0 aromatic heterocycles. The fourth-order valence-corrected chi connectivity index (χ4v) is 5.70. The van der Waals surface area contributed by atoms with E-state index >= 15 is 0 Å². The smallest absolute Gasteiger partial charge is 0.410 e. The number of aliphatic hydroxyl groups excluding tert-OH is 1. The predicted octanol–water partition coefficient (Wildman–Crippen LogP) is 5.21. The van der Waals surface area contributed by atoms with Gasteiger partial charge in [-0.2, -0.15) is 0 Å². The Morgan fingerprint density at radius 2 is 1.22 bits per heavy atom. The maximum Gasteiger partial charge on any atom is 0.410 e. The predicted molar refractivity (Wildman–Crippen MR) is 173 cm³/mol. The number of benzene rings is 1. The average molecular weight is 633 g/mol. The Kier molecular flexibility index (Phi) is 13.8. The number of likely N-dealkylation sites (tertiary alicyclic amines) is 2. The molecule has 1 aromatic rings. The minimum absolute atomic E-state index is 0.152. The van der Waals surface area contributed by atoms with Crippen molar-refractivity contribution in [2.24, 2.45) is 11.8 Å². The van der Waals surface area contributed by atoms with Crippen LogP contribution in [0.1, 0.15) is 72.8 Å². The zero-order valence-electron chi connectivity index (χ0n) is 28.3. The normalized spacial score (nSPS) is 21.4. The van der Waals surface area contributed by atoms with Gasteiger partial charge in [0.15, 0.2) is 0 Å². The number of piperazine rings is 1. The van der Waals surface area contributed by atoms with Crippen molar-refractivity contribution in [3.05, 3.63) is 35.9 Å². The van der Waals surface area contributed by atoms with Crippen LogP contribution in [0.5, 0.6) is 0 Å². The number of nitrogens with zero attached hydrogens (tertiary/aromatic N) is 4. The Labute approximate surface area is 269 Å². The molecule has 4 rings (SSSR count). The molecule has 3 saturated heterocycles. The van der Waals surface area contributed by atoms with Crippen molar-refractivity contribution in [3.8, 4) is 0 Å². The van der Waals surface area contributed by atoms with Crippen molar-refractivity contribution in [2.45, 2.75) is 85.0 Å². The first-order chi connectivity index (χ1) is 21.2. The van der Waals surface area contributed by atoms with Crippen molar-refractivity contribution in [1.82, 2.24) is 19.6 Å². The van der Waals surface area contributed by atoms with E-state index in [0.29, 0.717) is 32.2 Å². The number of piperidine rings is 2. The molecular formula is C34H56N4O7. The van der Waals surface area contributed by atoms with Gasteiger partial charge in [0.05, 0.1) is 0 Å². The lowest BCUT2D eigenvalue weighted by Crippen LogP contribution is -2.51. The number of carbonyl (C=O) groups is 3. The third-order valence-electron chi connectivity index (χ3n) is 7.95. The third kappa shape index (κ3) is 13.5. The summed E-state index contributed by atoms with van der Waals surface area (Å²) in [5, 5.41) is 9.04. The van der Waals surface area contributed by atoms with Crippen molar-refractivity contribution in [2.75, 3.05) is 65.5 Å². The first kappa shape index (κ1) is 36.4. The third-order valence-corrected chi connectivity index (χ3v) is 7.95. The second-order valence-electron chi connectivity index (χ2n) is 14.4. The summed E-state index contributed by atoms with van der Waals surface area (Å²) >= 11 is 0. The van der Waals surface area contributed by atoms with E-state index < -0.39 is 11.2 Å². The average Bonchev–Trinajstić information content (AvgIpc) is 2.99. The lowest BCUT2D eigenvalue weighted by molar-refractivity contribution is 0.0120. The number of ether oxygens (including phenoxy) is 3. The second kappa shape index (κ2) is 17.0. The molecule has 3 amide bonds. The molecule has 3 fully saturated rings. The van der Waals surface area contributed by atoms with Crippen molar-refractivity contribution < 1.29 is 33.7 Å². The van der Waals surface area contributed by atoms with Gasteiger partial charge in [-0.1, -0.05) is 30.3 Å². The number of amides is 3. The van der Waals surface area contributed by atoms with Crippen LogP contribution in [-0.4, -0.2) is 120 Å². The molecule has 3 aliphatic heterocycles. The van der Waals surface area contributed by atoms with Crippen LogP contribution >= 0.6 is 0 Å². The van der Waals surface area contributed by atoms with Gasteiger partial charge in [-0.15, -0.1) is 0 Å². The van der Waals surface area contributed by atoms with E-state index in [9.17, 15) is 14.4 Å². The van der Waals surface area contributed by atoms with Crippen molar-refractivity contribution >= 4 is 18.3 Å². The van der Waals surface area contributed by atoms with Crippen LogP contribution in [0.15, 0.2) is 30.3 Å². The van der Waals surface area contributed by atoms with E-state index in [1.165, 1.54) is 0 Å². The lowest BCUT2D eigenvalue weighted by Gasteiger charge is -2.39. The van der Waals surface area contributed by atoms with Gasteiger partial charge in [-0.3, -0.25) is 4.90 Å². The van der Waals surface area contributed by atoms with Crippen molar-refractivity contribution in [3.63, 3.8) is 0 Å². The number of aliphatic hydroxyl groups is 1. The minimum atomic E-state index is -0.463. The van der Waals surface area contributed by atoms with Gasteiger partial charge in [0, 0.05) is 65.5 Å². The highest BCUT2D eigenvalue weighted by Gasteiger charge is 2.30. The van der Waals surface area contributed by atoms with E-state index in [4.69, 9.17) is 19.3 Å². The zero-order chi connectivity index (χ0) is 33.0. The highest BCUT2D eigenvalue weighted by Crippen LogP contribution is 2.22. The van der Waals surface area contributed by atoms with Crippen molar-refractivity contribution in [1.29, 1.82) is 0 Å². The fraction of sp³-hybridized carbons (Fsp3) is 0.735. The summed E-state index contributed by atoms with van der Waals surface area (Å²) in [7, 11) is 0. The van der Waals surface area contributed by atoms with Crippen LogP contribution in [0.25, 0.3) is 0 Å². The fourth-order valence-electron chi connectivity index (χ4n) is 5.70. The first-order valence-corrected chi connectivity index (χ1v) is 16.5. The summed E-state index contributed by atoms with van der Waals surface area (Å²) in [6.07, 6.45) is 3.36. The molecular weight excluding hydrogens is 576 g/mol. The molecule has 3 aliphatic rings. The molecule has 0 unspecified atom stereocenters. The monoisotopic (exact) mass is 632 g/mol. The number of carbonyl (C=O) groups excluding carboxylic acids is 3. The molecule has 2 atom stereocenters. The largest absolute Gasteiger partial charge is 0.445 e. The van der Waals surface area contributed by atoms with E-state index in [0.717, 1.165) is 70.5 Å². The van der Waals surface area contributed by atoms with E-state index in [1.54, 1.807) is 9.80 Å². The summed E-state index contributed by atoms with van der Waals surface area (Å²) in [5.41, 5.74) is 0.0925. The molecule has 1 aromatic carbocycles. The summed E-state index contributed by atoms with van der Waals surface area (Å²) in [6.45, 7) is 18.6. The lowest BCUT2D eigenvalue weighted by atomic mass is 9.97. The van der Waals surface area contributed by atoms with Gasteiger partial charge in [0.25, 0.3) is 0 Å². The van der Waals surface area contributed by atoms with Crippen LogP contribution < -0.4 is 0 Å². The maximum absolute atomic E-state index is 12.4. The van der Waals surface area contributed by atoms with Gasteiger partial charge < -0.3 is 34.0 Å². The second-order valence-corrected chi connectivity index (χ2v) is 14.4. The summed E-state index contributed by atoms with van der Waals surface area (Å²) < 4.78 is 16.2. The Bertz CT molecular complexity index is 1060. The standard InChI is InChI=1S/C23H35N3O4.C11H21NO3/c1-23(2,3)30-22(28)26-11-7-10-20(17-26)16-24-12-14-25(15-13-24)21(27)29-18-19-8-5-4-6-9-19;1-11(2,3)15-10(14)12-6-4-5-9(7-12)8-13/h4-6,8-9,20H,7,10-18H2,1-3H3;9,13H,4-8H2,1-3H3/t20-;9-/m01/s1. The molecule has 3 heterocycles. The van der Waals surface area contributed by atoms with Crippen LogP contribution in [0.4, 0.5) is 14.4 Å². The molecule has 11 heteroatoms. The van der Waals surface area contributed by atoms with Crippen LogP contribution in [-0.2, 0) is 20.8 Å². The number of rotatable bonds is 5. The molecule has 0 aliphatic carbocycles. The van der Waals surface area contributed by atoms with Crippen LogP contribution in [0.2, 0.25) is 0 Å². The van der Waals surface area contributed by atoms with E-state index in [2.05, 4.69) is 4.90 Å². The van der Waals surface area contributed by atoms with Crippen LogP contribution in [0.3, 0.4) is 0 Å². The first-order valence-electron chi connectivity index (χ1n) is 16.5. The molecule has 0 bridgehead atoms. The Morgan fingerprint density at radius 3 is 1.73 bits per heavy atom. The van der Waals surface area contributed by atoms with Crippen LogP contribution in [0, 0.1) is 11.8 Å². The van der Waals surface area contributed by atoms with Gasteiger partial charge >= 0.3 is 18.3 Å². The SMILES string of the molecule is CC(C)(C)OC(=O)N1CCC[C@@H](CN2CCN(C(=O)OCc3ccccc3)CC2)C1.CC(C)(C)OC(=O)N1CCC[C@@H](CO)C1. The molecule has 0 saturated carbocycles. The molecule has 254 valence electrons. The molecule has 0 spiro atoms.